The minimum atomic E-state index is -4.23. The maximum atomic E-state index is 11.2. The molecule has 25 heavy (non-hydrogen) atoms. The predicted molar refractivity (Wildman–Crippen MR) is 97.2 cm³/mol. The molecule has 0 saturated carbocycles. The maximum Gasteiger partial charge on any atom is 0.356 e. The molecular formula is C15H15N4O4PS. The Bertz CT molecular complexity index is 967. The lowest BCUT2D eigenvalue weighted by Gasteiger charge is -2.08. The SMILES string of the molecule is CC(=O)Nc1csc2c(NCc3ccc(P(=O)(O)O)cc3)ncnc12. The fourth-order valence-corrected chi connectivity index (χ4v) is 3.70. The third-order valence-electron chi connectivity index (χ3n) is 3.40. The number of hydrogen-bond donors (Lipinski definition) is 4. The molecule has 1 aromatic carbocycles. The zero-order chi connectivity index (χ0) is 18.0. The highest BCUT2D eigenvalue weighted by Crippen LogP contribution is 2.34. The van der Waals surface area contributed by atoms with Crippen molar-refractivity contribution in [2.24, 2.45) is 0 Å². The van der Waals surface area contributed by atoms with Gasteiger partial charge in [-0.1, -0.05) is 12.1 Å². The van der Waals surface area contributed by atoms with Crippen LogP contribution in [0.15, 0.2) is 36.0 Å². The van der Waals surface area contributed by atoms with Crippen molar-refractivity contribution in [3.05, 3.63) is 41.5 Å². The quantitative estimate of drug-likeness (QED) is 0.501. The molecule has 0 saturated heterocycles. The van der Waals surface area contributed by atoms with E-state index in [0.717, 1.165) is 10.3 Å². The molecule has 3 aromatic rings. The van der Waals surface area contributed by atoms with Gasteiger partial charge in [0, 0.05) is 18.8 Å². The van der Waals surface area contributed by atoms with Gasteiger partial charge in [-0.05, 0) is 17.7 Å². The van der Waals surface area contributed by atoms with E-state index in [1.54, 1.807) is 17.5 Å². The first-order chi connectivity index (χ1) is 11.8. The lowest BCUT2D eigenvalue weighted by Crippen LogP contribution is -2.07. The van der Waals surface area contributed by atoms with Crippen molar-refractivity contribution in [2.45, 2.75) is 13.5 Å². The molecule has 130 valence electrons. The molecule has 10 heteroatoms. The monoisotopic (exact) mass is 378 g/mol. The van der Waals surface area contributed by atoms with Gasteiger partial charge in [0.25, 0.3) is 0 Å². The largest absolute Gasteiger partial charge is 0.365 e. The average Bonchev–Trinajstić information content (AvgIpc) is 2.95. The van der Waals surface area contributed by atoms with E-state index in [-0.39, 0.29) is 11.2 Å². The summed E-state index contributed by atoms with van der Waals surface area (Å²) < 4.78 is 12.0. The summed E-state index contributed by atoms with van der Waals surface area (Å²) in [6.07, 6.45) is 1.42. The van der Waals surface area contributed by atoms with Crippen molar-refractivity contribution in [3.63, 3.8) is 0 Å². The number of nitrogens with zero attached hydrogens (tertiary/aromatic N) is 2. The van der Waals surface area contributed by atoms with Crippen LogP contribution < -0.4 is 15.9 Å². The molecule has 0 unspecified atom stereocenters. The van der Waals surface area contributed by atoms with Gasteiger partial charge in [0.15, 0.2) is 0 Å². The Labute approximate surface area is 147 Å². The van der Waals surface area contributed by atoms with Crippen molar-refractivity contribution >= 4 is 51.9 Å². The Morgan fingerprint density at radius 2 is 1.96 bits per heavy atom. The molecule has 2 aromatic heterocycles. The molecule has 4 N–H and O–H groups in total. The first kappa shape index (κ1) is 17.5. The smallest absolute Gasteiger partial charge is 0.356 e. The molecule has 1 amide bonds. The minimum absolute atomic E-state index is 0.0149. The van der Waals surface area contributed by atoms with Crippen LogP contribution in [0.1, 0.15) is 12.5 Å². The number of benzene rings is 1. The molecule has 0 radical (unpaired) electrons. The second-order valence-corrected chi connectivity index (χ2v) is 7.78. The molecule has 0 aliphatic rings. The Hall–Kier alpha value is -2.32. The molecule has 0 bridgehead atoms. The maximum absolute atomic E-state index is 11.2. The summed E-state index contributed by atoms with van der Waals surface area (Å²) in [5.74, 6) is 0.462. The second kappa shape index (κ2) is 6.89. The highest BCUT2D eigenvalue weighted by molar-refractivity contribution is 7.60. The zero-order valence-corrected chi connectivity index (χ0v) is 14.8. The molecule has 0 fully saturated rings. The van der Waals surface area contributed by atoms with E-state index in [1.807, 2.05) is 0 Å². The molecule has 3 rings (SSSR count). The first-order valence-corrected chi connectivity index (χ1v) is 9.72. The number of thiophene rings is 1. The molecule has 0 aliphatic carbocycles. The lowest BCUT2D eigenvalue weighted by molar-refractivity contribution is -0.114. The standard InChI is InChI=1S/C15H15N4O4PS/c1-9(20)19-12-7-25-14-13(12)17-8-18-15(14)16-6-10-2-4-11(5-3-10)24(21,22)23/h2-5,7-8H,6H2,1H3,(H,19,20)(H,16,17,18)(H2,21,22,23). The molecule has 8 nitrogen and oxygen atoms in total. The van der Waals surface area contributed by atoms with Crippen LogP contribution in [0.25, 0.3) is 10.2 Å². The van der Waals surface area contributed by atoms with Gasteiger partial charge in [-0.2, -0.15) is 0 Å². The van der Waals surface area contributed by atoms with E-state index in [0.29, 0.717) is 23.6 Å². The number of carbonyl (C=O) groups is 1. The zero-order valence-electron chi connectivity index (χ0n) is 13.1. The number of aromatic nitrogens is 2. The Kier molecular flexibility index (Phi) is 4.82. The molecular weight excluding hydrogens is 363 g/mol. The van der Waals surface area contributed by atoms with E-state index in [9.17, 15) is 9.36 Å². The average molecular weight is 378 g/mol. The summed E-state index contributed by atoms with van der Waals surface area (Å²) in [5.41, 5.74) is 2.15. The normalized spacial score (nSPS) is 11.5. The van der Waals surface area contributed by atoms with Gasteiger partial charge < -0.3 is 20.4 Å². The van der Waals surface area contributed by atoms with Crippen molar-refractivity contribution in [1.29, 1.82) is 0 Å². The number of amides is 1. The number of rotatable bonds is 5. The van der Waals surface area contributed by atoms with Gasteiger partial charge in [0.05, 0.1) is 15.7 Å². The summed E-state index contributed by atoms with van der Waals surface area (Å²) in [6, 6.07) is 6.12. The van der Waals surface area contributed by atoms with Crippen LogP contribution in [-0.4, -0.2) is 25.7 Å². The van der Waals surface area contributed by atoms with E-state index in [4.69, 9.17) is 9.79 Å². The fraction of sp³-hybridized carbons (Fsp3) is 0.133. The number of nitrogens with one attached hydrogen (secondary N) is 2. The summed E-state index contributed by atoms with van der Waals surface area (Å²) in [4.78, 5) is 37.9. The van der Waals surface area contributed by atoms with Gasteiger partial charge in [0.1, 0.15) is 17.7 Å². The first-order valence-electron chi connectivity index (χ1n) is 7.23. The number of carbonyl (C=O) groups excluding carboxylic acids is 1. The van der Waals surface area contributed by atoms with Gasteiger partial charge in [0.2, 0.25) is 5.91 Å². The topological polar surface area (TPSA) is 124 Å². The van der Waals surface area contributed by atoms with E-state index in [2.05, 4.69) is 20.6 Å². The van der Waals surface area contributed by atoms with Crippen LogP contribution in [0.4, 0.5) is 11.5 Å². The molecule has 0 spiro atoms. The summed E-state index contributed by atoms with van der Waals surface area (Å²) in [5, 5.41) is 7.70. The number of anilines is 2. The van der Waals surface area contributed by atoms with Crippen molar-refractivity contribution in [3.8, 4) is 0 Å². The van der Waals surface area contributed by atoms with Gasteiger partial charge >= 0.3 is 7.60 Å². The van der Waals surface area contributed by atoms with E-state index in [1.165, 1.54) is 36.7 Å². The second-order valence-electron chi connectivity index (χ2n) is 5.29. The van der Waals surface area contributed by atoms with Gasteiger partial charge in [-0.15, -0.1) is 11.3 Å². The van der Waals surface area contributed by atoms with Gasteiger partial charge in [-0.3, -0.25) is 9.36 Å². The van der Waals surface area contributed by atoms with Crippen molar-refractivity contribution in [2.75, 3.05) is 10.6 Å². The van der Waals surface area contributed by atoms with Crippen molar-refractivity contribution < 1.29 is 19.1 Å². The van der Waals surface area contributed by atoms with Crippen molar-refractivity contribution in [1.82, 2.24) is 9.97 Å². The van der Waals surface area contributed by atoms with Crippen LogP contribution >= 0.6 is 18.9 Å². The van der Waals surface area contributed by atoms with Crippen LogP contribution in [-0.2, 0) is 15.9 Å². The van der Waals surface area contributed by atoms with Crippen LogP contribution in [0, 0.1) is 0 Å². The summed E-state index contributed by atoms with van der Waals surface area (Å²) >= 11 is 1.42. The lowest BCUT2D eigenvalue weighted by atomic mass is 10.2. The van der Waals surface area contributed by atoms with Crippen LogP contribution in [0.5, 0.6) is 0 Å². The predicted octanol–water partition coefficient (Wildman–Crippen LogP) is 2.06. The third kappa shape index (κ3) is 4.02. The Morgan fingerprint density at radius 3 is 2.60 bits per heavy atom. The highest BCUT2D eigenvalue weighted by atomic mass is 32.1. The molecule has 2 heterocycles. The number of hydrogen-bond acceptors (Lipinski definition) is 6. The summed E-state index contributed by atoms with van der Waals surface area (Å²) in [6.45, 7) is 1.87. The minimum Gasteiger partial charge on any atom is -0.365 e. The van der Waals surface area contributed by atoms with E-state index < -0.39 is 7.60 Å². The van der Waals surface area contributed by atoms with Crippen LogP contribution in [0.3, 0.4) is 0 Å². The van der Waals surface area contributed by atoms with Gasteiger partial charge in [-0.25, -0.2) is 9.97 Å². The fourth-order valence-electron chi connectivity index (χ4n) is 2.25. The Morgan fingerprint density at radius 1 is 1.24 bits per heavy atom. The summed E-state index contributed by atoms with van der Waals surface area (Å²) in [7, 11) is -4.23. The highest BCUT2D eigenvalue weighted by Gasteiger charge is 2.16. The Balaban J connectivity index is 1.78. The molecule has 0 atom stereocenters. The number of fused-ring (bicyclic) bond motifs is 1. The molecule has 0 aliphatic heterocycles. The third-order valence-corrected chi connectivity index (χ3v) is 5.34. The van der Waals surface area contributed by atoms with E-state index >= 15 is 0 Å². The van der Waals surface area contributed by atoms with Crippen LogP contribution in [0.2, 0.25) is 0 Å².